The van der Waals surface area contributed by atoms with Crippen molar-refractivity contribution >= 4 is 73.1 Å². The first-order valence-corrected chi connectivity index (χ1v) is 13.2. The summed E-state index contributed by atoms with van der Waals surface area (Å²) in [6, 6.07) is 11.0. The number of halogens is 4. The molecular weight excluding hydrogens is 556 g/mol. The standard InChI is InChI=1S/C22H15Cl4N5O3S/c23-12-3-1-11(2-4-12)18-8-19(30-29-18)20(14-6-5-13(24)7-16(14)25)31-35(32,33)22-15-9-28-34-21(15)17(26)10-27-22/h1-7,9-10,18,20,29,31H,8H2. The molecule has 0 aliphatic carbocycles. The minimum absolute atomic E-state index is 0.116. The predicted molar refractivity (Wildman–Crippen MR) is 136 cm³/mol. The van der Waals surface area contributed by atoms with E-state index in [4.69, 9.17) is 50.9 Å². The molecule has 5 rings (SSSR count). The van der Waals surface area contributed by atoms with Gasteiger partial charge in [-0.15, -0.1) is 0 Å². The van der Waals surface area contributed by atoms with Gasteiger partial charge in [0.15, 0.2) is 10.6 Å². The Bertz CT molecular complexity index is 1560. The van der Waals surface area contributed by atoms with Crippen LogP contribution in [0.2, 0.25) is 20.1 Å². The van der Waals surface area contributed by atoms with E-state index < -0.39 is 16.1 Å². The van der Waals surface area contributed by atoms with E-state index in [0.29, 0.717) is 27.7 Å². The number of rotatable bonds is 6. The minimum Gasteiger partial charge on any atom is -0.355 e. The topological polar surface area (TPSA) is 109 Å². The molecule has 3 heterocycles. The molecule has 4 aromatic rings. The molecule has 2 N–H and O–H groups in total. The number of sulfonamides is 1. The van der Waals surface area contributed by atoms with Crippen LogP contribution in [0, 0.1) is 0 Å². The fraction of sp³-hybridized carbons (Fsp3) is 0.136. The minimum atomic E-state index is -4.21. The van der Waals surface area contributed by atoms with Gasteiger partial charge in [0.1, 0.15) is 5.02 Å². The largest absolute Gasteiger partial charge is 0.355 e. The highest BCUT2D eigenvalue weighted by atomic mass is 35.5. The lowest BCUT2D eigenvalue weighted by atomic mass is 9.96. The quantitative estimate of drug-likeness (QED) is 0.296. The van der Waals surface area contributed by atoms with Crippen molar-refractivity contribution in [1.82, 2.24) is 20.3 Å². The normalized spacial score (nSPS) is 16.8. The van der Waals surface area contributed by atoms with Crippen LogP contribution < -0.4 is 10.1 Å². The van der Waals surface area contributed by atoms with Crippen LogP contribution in [0.1, 0.15) is 29.6 Å². The third-order valence-electron chi connectivity index (χ3n) is 5.50. The van der Waals surface area contributed by atoms with Crippen molar-refractivity contribution in [2.45, 2.75) is 23.5 Å². The Morgan fingerprint density at radius 1 is 1.00 bits per heavy atom. The Labute approximate surface area is 220 Å². The second kappa shape index (κ2) is 9.57. The molecule has 1 aliphatic heterocycles. The molecule has 35 heavy (non-hydrogen) atoms. The molecule has 0 amide bonds. The average Bonchev–Trinajstić information content (AvgIpc) is 3.49. The van der Waals surface area contributed by atoms with Gasteiger partial charge in [0.05, 0.1) is 35.6 Å². The van der Waals surface area contributed by atoms with Crippen LogP contribution in [0.15, 0.2) is 69.5 Å². The molecule has 2 unspecified atom stereocenters. The SMILES string of the molecule is O=S(=O)(NC(C1=NNC(c2ccc(Cl)cc2)C1)c1ccc(Cl)cc1Cl)c1ncc(Cl)c2oncc12. The van der Waals surface area contributed by atoms with Crippen LogP contribution in [-0.4, -0.2) is 24.3 Å². The molecule has 8 nitrogen and oxygen atoms in total. The van der Waals surface area contributed by atoms with Gasteiger partial charge in [-0.05, 0) is 35.4 Å². The van der Waals surface area contributed by atoms with E-state index in [0.717, 1.165) is 5.56 Å². The summed E-state index contributed by atoms with van der Waals surface area (Å²) in [5.41, 5.74) is 5.13. The number of hydrogen-bond donors (Lipinski definition) is 2. The smallest absolute Gasteiger partial charge is 0.259 e. The Kier molecular flexibility index (Phi) is 6.65. The zero-order valence-electron chi connectivity index (χ0n) is 17.5. The highest BCUT2D eigenvalue weighted by Crippen LogP contribution is 2.34. The lowest BCUT2D eigenvalue weighted by Crippen LogP contribution is -2.34. The van der Waals surface area contributed by atoms with Crippen molar-refractivity contribution < 1.29 is 12.9 Å². The highest BCUT2D eigenvalue weighted by Gasteiger charge is 2.34. The maximum atomic E-state index is 13.5. The number of hydrogen-bond acceptors (Lipinski definition) is 7. The molecule has 0 saturated carbocycles. The molecule has 0 radical (unpaired) electrons. The van der Waals surface area contributed by atoms with E-state index in [9.17, 15) is 8.42 Å². The third kappa shape index (κ3) is 4.84. The summed E-state index contributed by atoms with van der Waals surface area (Å²) in [6.07, 6.45) is 2.85. The molecule has 13 heteroatoms. The van der Waals surface area contributed by atoms with E-state index in [-0.39, 0.29) is 32.1 Å². The number of aromatic nitrogens is 2. The van der Waals surface area contributed by atoms with Crippen molar-refractivity contribution in [1.29, 1.82) is 0 Å². The maximum absolute atomic E-state index is 13.5. The molecular formula is C22H15Cl4N5O3S. The van der Waals surface area contributed by atoms with Gasteiger partial charge in [0.25, 0.3) is 10.0 Å². The first-order chi connectivity index (χ1) is 16.7. The van der Waals surface area contributed by atoms with Gasteiger partial charge >= 0.3 is 0 Å². The Balaban J connectivity index is 1.52. The number of pyridine rings is 1. The molecule has 2 aromatic carbocycles. The Morgan fingerprint density at radius 3 is 2.49 bits per heavy atom. The molecule has 2 aromatic heterocycles. The second-order valence-electron chi connectivity index (χ2n) is 7.74. The van der Waals surface area contributed by atoms with Crippen LogP contribution in [0.25, 0.3) is 11.0 Å². The number of benzene rings is 2. The molecule has 0 bridgehead atoms. The maximum Gasteiger partial charge on any atom is 0.259 e. The summed E-state index contributed by atoms with van der Waals surface area (Å²) in [5.74, 6) is 0. The van der Waals surface area contributed by atoms with Gasteiger partial charge < -0.3 is 9.95 Å². The molecule has 1 aliphatic rings. The van der Waals surface area contributed by atoms with Crippen molar-refractivity contribution in [2.24, 2.45) is 5.10 Å². The fourth-order valence-electron chi connectivity index (χ4n) is 3.81. The zero-order chi connectivity index (χ0) is 24.7. The number of nitrogens with one attached hydrogen (secondary N) is 2. The lowest BCUT2D eigenvalue weighted by Gasteiger charge is -2.21. The molecule has 0 saturated heterocycles. The lowest BCUT2D eigenvalue weighted by molar-refractivity contribution is 0.456. The van der Waals surface area contributed by atoms with Gasteiger partial charge in [-0.25, -0.2) is 13.4 Å². The van der Waals surface area contributed by atoms with Crippen LogP contribution in [0.3, 0.4) is 0 Å². The fourth-order valence-corrected chi connectivity index (χ4v) is 5.95. The first kappa shape index (κ1) is 24.3. The number of nitrogens with zero attached hydrogens (tertiary/aromatic N) is 3. The Hall–Kier alpha value is -2.40. The van der Waals surface area contributed by atoms with E-state index in [1.165, 1.54) is 18.5 Å². The van der Waals surface area contributed by atoms with Gasteiger partial charge in [-0.2, -0.15) is 9.82 Å². The van der Waals surface area contributed by atoms with Gasteiger partial charge in [-0.3, -0.25) is 0 Å². The van der Waals surface area contributed by atoms with E-state index in [2.05, 4.69) is 25.4 Å². The summed E-state index contributed by atoms with van der Waals surface area (Å²) in [6.45, 7) is 0. The van der Waals surface area contributed by atoms with Crippen LogP contribution in [0.4, 0.5) is 0 Å². The second-order valence-corrected chi connectivity index (χ2v) is 11.1. The average molecular weight is 571 g/mol. The molecule has 2 atom stereocenters. The molecule has 0 spiro atoms. The van der Waals surface area contributed by atoms with Crippen LogP contribution in [-0.2, 0) is 10.0 Å². The summed E-state index contributed by atoms with van der Waals surface area (Å²) in [5, 5.41) is 9.41. The van der Waals surface area contributed by atoms with E-state index in [1.54, 1.807) is 24.3 Å². The molecule has 0 fully saturated rings. The number of fused-ring (bicyclic) bond motifs is 1. The summed E-state index contributed by atoms with van der Waals surface area (Å²) in [4.78, 5) is 4.03. The molecule has 180 valence electrons. The van der Waals surface area contributed by atoms with Crippen LogP contribution in [0.5, 0.6) is 0 Å². The van der Waals surface area contributed by atoms with E-state index in [1.807, 2.05) is 12.1 Å². The predicted octanol–water partition coefficient (Wildman–Crippen LogP) is 5.95. The summed E-state index contributed by atoms with van der Waals surface area (Å²) in [7, 11) is -4.21. The number of hydrazone groups is 1. The van der Waals surface area contributed by atoms with Gasteiger partial charge in [0, 0.05) is 21.5 Å². The third-order valence-corrected chi connectivity index (χ3v) is 7.96. The zero-order valence-corrected chi connectivity index (χ0v) is 21.4. The van der Waals surface area contributed by atoms with Gasteiger partial charge in [0.2, 0.25) is 0 Å². The summed E-state index contributed by atoms with van der Waals surface area (Å²) >= 11 is 24.6. The summed E-state index contributed by atoms with van der Waals surface area (Å²) < 4.78 is 34.8. The van der Waals surface area contributed by atoms with Crippen molar-refractivity contribution in [3.8, 4) is 0 Å². The van der Waals surface area contributed by atoms with Crippen molar-refractivity contribution in [3.63, 3.8) is 0 Å². The van der Waals surface area contributed by atoms with Crippen LogP contribution >= 0.6 is 46.4 Å². The van der Waals surface area contributed by atoms with Crippen molar-refractivity contribution in [2.75, 3.05) is 0 Å². The first-order valence-electron chi connectivity index (χ1n) is 10.2. The Morgan fingerprint density at radius 2 is 1.74 bits per heavy atom. The monoisotopic (exact) mass is 569 g/mol. The highest BCUT2D eigenvalue weighted by molar-refractivity contribution is 7.89. The van der Waals surface area contributed by atoms with E-state index >= 15 is 0 Å². The van der Waals surface area contributed by atoms with Crippen molar-refractivity contribution in [3.05, 3.63) is 86.1 Å². The van der Waals surface area contributed by atoms with Gasteiger partial charge in [-0.1, -0.05) is 69.8 Å².